The van der Waals surface area contributed by atoms with Crippen LogP contribution in [-0.2, 0) is 4.79 Å². The van der Waals surface area contributed by atoms with Crippen LogP contribution in [0, 0.1) is 5.92 Å². The number of hydrogen-bond acceptors (Lipinski definition) is 7. The summed E-state index contributed by atoms with van der Waals surface area (Å²) in [6.45, 7) is 5.39. The van der Waals surface area contributed by atoms with Gasteiger partial charge in [0.05, 0.1) is 17.5 Å². The number of aromatic nitrogens is 4. The molecule has 37 heavy (non-hydrogen) atoms. The van der Waals surface area contributed by atoms with Gasteiger partial charge in [0.25, 0.3) is 0 Å². The van der Waals surface area contributed by atoms with Crippen molar-refractivity contribution in [2.24, 2.45) is 11.7 Å². The third kappa shape index (κ3) is 5.27. The van der Waals surface area contributed by atoms with Gasteiger partial charge < -0.3 is 21.1 Å². The van der Waals surface area contributed by atoms with E-state index in [1.807, 2.05) is 64.2 Å². The van der Waals surface area contributed by atoms with Crippen LogP contribution in [0.3, 0.4) is 0 Å². The fraction of sp³-hybridized carbons (Fsp3) is 0.357. The zero-order chi connectivity index (χ0) is 25.9. The molecule has 9 heteroatoms. The largest absolute Gasteiger partial charge is 0.457 e. The van der Waals surface area contributed by atoms with Gasteiger partial charge in [-0.15, -0.1) is 0 Å². The van der Waals surface area contributed by atoms with Crippen LogP contribution < -0.4 is 16.2 Å². The smallest absolute Gasteiger partial charge is 0.239 e. The predicted molar refractivity (Wildman–Crippen MR) is 144 cm³/mol. The lowest BCUT2D eigenvalue weighted by molar-refractivity contribution is -0.134. The molecule has 0 unspecified atom stereocenters. The molecule has 0 saturated carbocycles. The lowest BCUT2D eigenvalue weighted by atomic mass is 10.0. The summed E-state index contributed by atoms with van der Waals surface area (Å²) in [4.78, 5) is 23.7. The molecule has 2 aromatic heterocycles. The fourth-order valence-corrected chi connectivity index (χ4v) is 4.96. The summed E-state index contributed by atoms with van der Waals surface area (Å²) in [5.41, 5.74) is 14.8. The van der Waals surface area contributed by atoms with Crippen LogP contribution in [0.15, 0.2) is 60.9 Å². The number of carbonyl (C=O) groups is 1. The minimum atomic E-state index is -0.488. The zero-order valence-corrected chi connectivity index (χ0v) is 21.2. The molecule has 0 aliphatic carbocycles. The van der Waals surface area contributed by atoms with Gasteiger partial charge in [-0.3, -0.25) is 4.79 Å². The zero-order valence-electron chi connectivity index (χ0n) is 21.2. The maximum absolute atomic E-state index is 13.0. The minimum Gasteiger partial charge on any atom is -0.457 e. The average molecular weight is 500 g/mol. The van der Waals surface area contributed by atoms with E-state index in [2.05, 4.69) is 23.8 Å². The Morgan fingerprint density at radius 1 is 1.08 bits per heavy atom. The molecule has 2 atom stereocenters. The van der Waals surface area contributed by atoms with Crippen LogP contribution >= 0.6 is 0 Å². The van der Waals surface area contributed by atoms with Gasteiger partial charge in [-0.25, -0.2) is 14.6 Å². The number of ether oxygens (including phenoxy) is 1. The lowest BCUT2D eigenvalue weighted by Crippen LogP contribution is -2.48. The summed E-state index contributed by atoms with van der Waals surface area (Å²) in [7, 11) is 0. The number of rotatable bonds is 7. The van der Waals surface area contributed by atoms with Crippen LogP contribution in [0.5, 0.6) is 11.5 Å². The Kier molecular flexibility index (Phi) is 7.05. The number of nitrogens with two attached hydrogens (primary N) is 2. The molecule has 0 bridgehead atoms. The number of benzene rings is 2. The fourth-order valence-electron chi connectivity index (χ4n) is 4.96. The number of hydrogen-bond donors (Lipinski definition) is 2. The number of amides is 1. The van der Waals surface area contributed by atoms with Crippen molar-refractivity contribution in [3.05, 3.63) is 60.9 Å². The molecule has 9 nitrogen and oxygen atoms in total. The van der Waals surface area contributed by atoms with E-state index in [-0.39, 0.29) is 11.9 Å². The van der Waals surface area contributed by atoms with Crippen molar-refractivity contribution in [2.45, 2.75) is 45.2 Å². The number of anilines is 1. The Hall–Kier alpha value is -3.98. The van der Waals surface area contributed by atoms with Gasteiger partial charge >= 0.3 is 0 Å². The SMILES string of the molecule is CC(C)C[C@H](N)C(=O)N1CCC[C@@H](n2nc(-c3ccc(Oc4ccccc4)cc3)c3c(N)ncnc32)C1. The first-order valence-corrected chi connectivity index (χ1v) is 12.8. The number of fused-ring (bicyclic) bond motifs is 1. The molecule has 1 saturated heterocycles. The Morgan fingerprint density at radius 3 is 2.54 bits per heavy atom. The van der Waals surface area contributed by atoms with E-state index in [4.69, 9.17) is 21.3 Å². The Morgan fingerprint density at radius 2 is 1.81 bits per heavy atom. The summed E-state index contributed by atoms with van der Waals surface area (Å²) in [5.74, 6) is 2.23. The number of nitrogen functional groups attached to an aromatic ring is 1. The van der Waals surface area contributed by atoms with Crippen LogP contribution in [0.2, 0.25) is 0 Å². The maximum Gasteiger partial charge on any atom is 0.239 e. The molecule has 4 N–H and O–H groups in total. The van der Waals surface area contributed by atoms with E-state index < -0.39 is 6.04 Å². The Balaban J connectivity index is 1.43. The summed E-state index contributed by atoms with van der Waals surface area (Å²) in [6.07, 6.45) is 3.88. The quantitative estimate of drug-likeness (QED) is 0.386. The van der Waals surface area contributed by atoms with Crippen molar-refractivity contribution in [3.8, 4) is 22.8 Å². The van der Waals surface area contributed by atoms with E-state index in [9.17, 15) is 4.79 Å². The van der Waals surface area contributed by atoms with Gasteiger partial charge in [0.1, 0.15) is 29.3 Å². The van der Waals surface area contributed by atoms with Gasteiger partial charge in [0, 0.05) is 18.7 Å². The summed E-state index contributed by atoms with van der Waals surface area (Å²) in [5, 5.41) is 5.68. The van der Waals surface area contributed by atoms with Gasteiger partial charge in [0.2, 0.25) is 5.91 Å². The minimum absolute atomic E-state index is 0.00164. The van der Waals surface area contributed by atoms with E-state index in [1.54, 1.807) is 0 Å². The summed E-state index contributed by atoms with van der Waals surface area (Å²) < 4.78 is 7.84. The first-order valence-electron chi connectivity index (χ1n) is 12.8. The highest BCUT2D eigenvalue weighted by atomic mass is 16.5. The Labute approximate surface area is 216 Å². The lowest BCUT2D eigenvalue weighted by Gasteiger charge is -2.34. The van der Waals surface area contributed by atoms with Gasteiger partial charge in [-0.2, -0.15) is 5.10 Å². The highest BCUT2D eigenvalue weighted by Gasteiger charge is 2.30. The summed E-state index contributed by atoms with van der Waals surface area (Å²) in [6, 6.07) is 16.8. The topological polar surface area (TPSA) is 125 Å². The highest BCUT2D eigenvalue weighted by molar-refractivity contribution is 5.98. The number of likely N-dealkylation sites (tertiary alicyclic amines) is 1. The first kappa shape index (κ1) is 24.7. The second-order valence-electron chi connectivity index (χ2n) is 10.0. The third-order valence-corrected chi connectivity index (χ3v) is 6.72. The van der Waals surface area contributed by atoms with Crippen molar-refractivity contribution >= 4 is 22.8 Å². The first-order chi connectivity index (χ1) is 17.9. The van der Waals surface area contributed by atoms with Gasteiger partial charge in [-0.1, -0.05) is 32.0 Å². The number of piperidine rings is 1. The molecule has 5 rings (SSSR count). The third-order valence-electron chi connectivity index (χ3n) is 6.72. The summed E-state index contributed by atoms with van der Waals surface area (Å²) >= 11 is 0. The van der Waals surface area contributed by atoms with Crippen LogP contribution in [0.1, 0.15) is 39.2 Å². The molecule has 1 amide bonds. The molecular weight excluding hydrogens is 466 g/mol. The van der Waals surface area contributed by atoms with Crippen molar-refractivity contribution in [1.82, 2.24) is 24.6 Å². The van der Waals surface area contributed by atoms with Crippen LogP contribution in [-0.4, -0.2) is 49.7 Å². The highest BCUT2D eigenvalue weighted by Crippen LogP contribution is 2.35. The molecule has 192 valence electrons. The maximum atomic E-state index is 13.0. The second-order valence-corrected chi connectivity index (χ2v) is 10.0. The molecule has 1 fully saturated rings. The van der Waals surface area contributed by atoms with Crippen LogP contribution in [0.4, 0.5) is 5.82 Å². The van der Waals surface area contributed by atoms with E-state index in [1.165, 1.54) is 6.33 Å². The predicted octanol–water partition coefficient (Wildman–Crippen LogP) is 4.40. The van der Waals surface area contributed by atoms with Gasteiger partial charge in [-0.05, 0) is 61.6 Å². The van der Waals surface area contributed by atoms with E-state index >= 15 is 0 Å². The van der Waals surface area contributed by atoms with Crippen molar-refractivity contribution in [2.75, 3.05) is 18.8 Å². The normalized spacial score (nSPS) is 16.8. The van der Waals surface area contributed by atoms with Gasteiger partial charge in [0.15, 0.2) is 5.65 Å². The molecule has 0 radical (unpaired) electrons. The van der Waals surface area contributed by atoms with E-state index in [0.29, 0.717) is 48.0 Å². The molecule has 1 aliphatic rings. The molecule has 2 aromatic carbocycles. The number of nitrogens with zero attached hydrogens (tertiary/aromatic N) is 5. The molecule has 1 aliphatic heterocycles. The molecular formula is C28H33N7O2. The second kappa shape index (κ2) is 10.6. The van der Waals surface area contributed by atoms with Crippen molar-refractivity contribution in [1.29, 1.82) is 0 Å². The van der Waals surface area contributed by atoms with Crippen molar-refractivity contribution < 1.29 is 9.53 Å². The van der Waals surface area contributed by atoms with Crippen molar-refractivity contribution in [3.63, 3.8) is 0 Å². The standard InChI is InChI=1S/C28H33N7O2/c1-18(2)15-23(29)28(36)34-14-6-7-20(16-34)35-27-24(26(30)31-17-32-27)25(33-35)19-10-12-22(13-11-19)37-21-8-4-3-5-9-21/h3-5,8-13,17-18,20,23H,6-7,14-16,29H2,1-2H3,(H2,30,31,32)/t20-,23+/m1/s1. The monoisotopic (exact) mass is 499 g/mol. The van der Waals surface area contributed by atoms with E-state index in [0.717, 1.165) is 29.9 Å². The Bertz CT molecular complexity index is 1370. The molecule has 0 spiro atoms. The number of carbonyl (C=O) groups excluding carboxylic acids is 1. The average Bonchev–Trinajstić information content (AvgIpc) is 3.30. The number of para-hydroxylation sites is 1. The molecule has 4 aromatic rings. The molecule has 3 heterocycles. The van der Waals surface area contributed by atoms with Crippen LogP contribution in [0.25, 0.3) is 22.3 Å².